The molecule has 0 saturated heterocycles. The van der Waals surface area contributed by atoms with Gasteiger partial charge >= 0.3 is 5.97 Å². The van der Waals surface area contributed by atoms with Crippen molar-refractivity contribution in [2.75, 3.05) is 32.2 Å². The number of ether oxygens (including phenoxy) is 2. The highest BCUT2D eigenvalue weighted by molar-refractivity contribution is 9.10. The van der Waals surface area contributed by atoms with Crippen LogP contribution in [0, 0.1) is 0 Å². The number of halogens is 1. The maximum Gasteiger partial charge on any atom is 0.307 e. The molecule has 0 aliphatic heterocycles. The highest BCUT2D eigenvalue weighted by atomic mass is 79.9. The molecule has 1 aromatic rings. The number of esters is 1. The molecule has 0 atom stereocenters. The van der Waals surface area contributed by atoms with E-state index in [1.54, 1.807) is 18.0 Å². The summed E-state index contributed by atoms with van der Waals surface area (Å²) in [4.78, 5) is 21.4. The molecule has 0 bridgehead atoms. The lowest BCUT2D eigenvalue weighted by atomic mass is 10.4. The smallest absolute Gasteiger partial charge is 0.307 e. The summed E-state index contributed by atoms with van der Waals surface area (Å²) < 4.78 is 10.6. The molecule has 0 aliphatic carbocycles. The van der Waals surface area contributed by atoms with Gasteiger partial charge in [-0.1, -0.05) is 0 Å². The summed E-state index contributed by atoms with van der Waals surface area (Å²) in [5.41, 5.74) is 0. The summed E-state index contributed by atoms with van der Waals surface area (Å²) in [6, 6.07) is 0. The molecule has 0 aromatic carbocycles. The van der Waals surface area contributed by atoms with Crippen molar-refractivity contribution in [1.29, 1.82) is 0 Å². The van der Waals surface area contributed by atoms with Crippen LogP contribution in [0.25, 0.3) is 0 Å². The first-order chi connectivity index (χ1) is 8.58. The van der Waals surface area contributed by atoms with E-state index in [2.05, 4.69) is 25.9 Å². The number of nitrogens with zero attached hydrogens (tertiary/aromatic N) is 3. The molecular formula is C11H16BrN3O3. The van der Waals surface area contributed by atoms with Crippen LogP contribution in [0.5, 0.6) is 5.88 Å². The Morgan fingerprint density at radius 3 is 2.89 bits per heavy atom. The Morgan fingerprint density at radius 2 is 2.28 bits per heavy atom. The minimum atomic E-state index is -0.228. The fourth-order valence-electron chi connectivity index (χ4n) is 1.26. The van der Waals surface area contributed by atoms with E-state index in [9.17, 15) is 4.79 Å². The number of carbonyl (C=O) groups is 1. The predicted molar refractivity (Wildman–Crippen MR) is 70.8 cm³/mol. The Hall–Kier alpha value is -1.37. The van der Waals surface area contributed by atoms with E-state index in [1.807, 2.05) is 7.05 Å². The predicted octanol–water partition coefficient (Wildman–Crippen LogP) is 1.64. The second kappa shape index (κ2) is 7.15. The van der Waals surface area contributed by atoms with Crippen molar-refractivity contribution in [2.45, 2.75) is 13.3 Å². The van der Waals surface area contributed by atoms with Crippen molar-refractivity contribution in [3.63, 3.8) is 0 Å². The Labute approximate surface area is 114 Å². The maximum absolute atomic E-state index is 11.2. The molecule has 0 amide bonds. The number of aromatic nitrogens is 2. The first kappa shape index (κ1) is 14.7. The number of anilines is 1. The number of hydrogen-bond acceptors (Lipinski definition) is 6. The lowest BCUT2D eigenvalue weighted by molar-refractivity contribution is -0.142. The molecule has 0 N–H and O–H groups in total. The zero-order valence-corrected chi connectivity index (χ0v) is 12.2. The molecule has 0 radical (unpaired) electrons. The first-order valence-electron chi connectivity index (χ1n) is 5.51. The zero-order chi connectivity index (χ0) is 13.5. The summed E-state index contributed by atoms with van der Waals surface area (Å²) in [7, 11) is 3.34. The van der Waals surface area contributed by atoms with Gasteiger partial charge in [0.05, 0.1) is 30.8 Å². The highest BCUT2D eigenvalue weighted by Gasteiger charge is 2.11. The van der Waals surface area contributed by atoms with Crippen LogP contribution >= 0.6 is 15.9 Å². The second-order valence-electron chi connectivity index (χ2n) is 3.50. The van der Waals surface area contributed by atoms with Gasteiger partial charge in [-0.2, -0.15) is 4.98 Å². The Balaban J connectivity index is 2.61. The van der Waals surface area contributed by atoms with E-state index >= 15 is 0 Å². The van der Waals surface area contributed by atoms with E-state index in [0.29, 0.717) is 35.9 Å². The Morgan fingerprint density at radius 1 is 1.56 bits per heavy atom. The maximum atomic E-state index is 11.2. The Bertz CT molecular complexity index is 415. The van der Waals surface area contributed by atoms with Crippen molar-refractivity contribution in [3.8, 4) is 5.88 Å². The van der Waals surface area contributed by atoms with Crippen molar-refractivity contribution in [2.24, 2.45) is 0 Å². The summed E-state index contributed by atoms with van der Waals surface area (Å²) in [6.07, 6.45) is 1.91. The molecule has 7 heteroatoms. The van der Waals surface area contributed by atoms with Gasteiger partial charge in [0.15, 0.2) is 0 Å². The highest BCUT2D eigenvalue weighted by Crippen LogP contribution is 2.22. The lowest BCUT2D eigenvalue weighted by Gasteiger charge is -2.16. The van der Waals surface area contributed by atoms with Crippen LogP contribution in [-0.4, -0.2) is 43.2 Å². The molecule has 1 heterocycles. The molecule has 6 nitrogen and oxygen atoms in total. The number of hydrogen-bond donors (Lipinski definition) is 0. The van der Waals surface area contributed by atoms with Crippen LogP contribution in [0.3, 0.4) is 0 Å². The fraction of sp³-hybridized carbons (Fsp3) is 0.545. The zero-order valence-electron chi connectivity index (χ0n) is 10.6. The third kappa shape index (κ3) is 4.14. The van der Waals surface area contributed by atoms with Gasteiger partial charge in [0.25, 0.3) is 0 Å². The first-order valence-corrected chi connectivity index (χ1v) is 6.31. The largest absolute Gasteiger partial charge is 0.480 e. The second-order valence-corrected chi connectivity index (χ2v) is 4.36. The van der Waals surface area contributed by atoms with Crippen LogP contribution < -0.4 is 9.64 Å². The summed E-state index contributed by atoms with van der Waals surface area (Å²) >= 11 is 3.28. The molecular weight excluding hydrogens is 302 g/mol. The fourth-order valence-corrected chi connectivity index (χ4v) is 1.61. The average Bonchev–Trinajstić information content (AvgIpc) is 2.37. The minimum Gasteiger partial charge on any atom is -0.480 e. The SMILES string of the molecule is CCOC(=O)CCN(C)c1ncc(Br)c(OC)n1. The standard InChI is InChI=1S/C11H16BrN3O3/c1-4-18-9(16)5-6-15(2)11-13-7-8(12)10(14-11)17-3/h7H,4-6H2,1-3H3. The number of rotatable bonds is 6. The molecule has 1 aromatic heterocycles. The van der Waals surface area contributed by atoms with Crippen molar-refractivity contribution in [1.82, 2.24) is 9.97 Å². The lowest BCUT2D eigenvalue weighted by Crippen LogP contribution is -2.24. The summed E-state index contributed by atoms with van der Waals surface area (Å²) in [5, 5.41) is 0. The van der Waals surface area contributed by atoms with Crippen molar-refractivity contribution >= 4 is 27.8 Å². The quantitative estimate of drug-likeness (QED) is 0.743. The van der Waals surface area contributed by atoms with E-state index in [0.717, 1.165) is 0 Å². The van der Waals surface area contributed by atoms with Gasteiger partial charge in [-0.05, 0) is 22.9 Å². The summed E-state index contributed by atoms with van der Waals surface area (Å²) in [5.74, 6) is 0.732. The third-order valence-corrected chi connectivity index (χ3v) is 2.73. The molecule has 0 fully saturated rings. The van der Waals surface area contributed by atoms with E-state index in [1.165, 1.54) is 7.11 Å². The van der Waals surface area contributed by atoms with Crippen LogP contribution in [0.2, 0.25) is 0 Å². The molecule has 0 saturated carbocycles. The van der Waals surface area contributed by atoms with E-state index < -0.39 is 0 Å². The number of carbonyl (C=O) groups excluding carboxylic acids is 1. The number of methoxy groups -OCH3 is 1. The van der Waals surface area contributed by atoms with Gasteiger partial charge in [-0.15, -0.1) is 0 Å². The van der Waals surface area contributed by atoms with Crippen LogP contribution in [-0.2, 0) is 9.53 Å². The molecule has 0 aliphatic rings. The van der Waals surface area contributed by atoms with Crippen LogP contribution in [0.1, 0.15) is 13.3 Å². The van der Waals surface area contributed by atoms with Crippen LogP contribution in [0.15, 0.2) is 10.7 Å². The van der Waals surface area contributed by atoms with Gasteiger partial charge in [0.1, 0.15) is 0 Å². The average molecular weight is 318 g/mol. The third-order valence-electron chi connectivity index (χ3n) is 2.19. The van der Waals surface area contributed by atoms with Gasteiger partial charge in [-0.25, -0.2) is 4.98 Å². The Kier molecular flexibility index (Phi) is 5.84. The monoisotopic (exact) mass is 317 g/mol. The van der Waals surface area contributed by atoms with Crippen molar-refractivity contribution in [3.05, 3.63) is 10.7 Å². The molecule has 1 rings (SSSR count). The summed E-state index contributed by atoms with van der Waals surface area (Å²) in [6.45, 7) is 2.67. The van der Waals surface area contributed by atoms with Gasteiger partial charge < -0.3 is 14.4 Å². The molecule has 18 heavy (non-hydrogen) atoms. The normalized spacial score (nSPS) is 10.0. The van der Waals surface area contributed by atoms with Gasteiger partial charge in [-0.3, -0.25) is 4.79 Å². The van der Waals surface area contributed by atoms with Gasteiger partial charge in [0.2, 0.25) is 11.8 Å². The van der Waals surface area contributed by atoms with E-state index in [4.69, 9.17) is 9.47 Å². The molecule has 0 unspecified atom stereocenters. The van der Waals surface area contributed by atoms with Crippen LogP contribution in [0.4, 0.5) is 5.95 Å². The van der Waals surface area contributed by atoms with Gasteiger partial charge in [0, 0.05) is 13.6 Å². The topological polar surface area (TPSA) is 64.5 Å². The minimum absolute atomic E-state index is 0.228. The molecule has 0 spiro atoms. The van der Waals surface area contributed by atoms with E-state index in [-0.39, 0.29) is 5.97 Å². The molecule has 100 valence electrons. The van der Waals surface area contributed by atoms with Crippen molar-refractivity contribution < 1.29 is 14.3 Å².